The molecule has 1 aliphatic heterocycles. The highest BCUT2D eigenvalue weighted by Crippen LogP contribution is 2.29. The molecule has 1 aliphatic rings. The second kappa shape index (κ2) is 7.03. The molecular weight excluding hydrogens is 304 g/mol. The van der Waals surface area contributed by atoms with Crippen molar-refractivity contribution in [3.63, 3.8) is 0 Å². The Morgan fingerprint density at radius 3 is 2.86 bits per heavy atom. The number of carbonyl (C=O) groups excluding carboxylic acids is 1. The summed E-state index contributed by atoms with van der Waals surface area (Å²) in [6, 6.07) is 7.92. The predicted octanol–water partition coefficient (Wildman–Crippen LogP) is 3.41. The van der Waals surface area contributed by atoms with Crippen LogP contribution in [-0.4, -0.2) is 35.7 Å². The SMILES string of the molecule is CC1(C)CN(C(=O)CCSc2ccccc2Cl)CCC1N. The summed E-state index contributed by atoms with van der Waals surface area (Å²) in [5.74, 6) is 0.973. The lowest BCUT2D eigenvalue weighted by atomic mass is 9.79. The van der Waals surface area contributed by atoms with Gasteiger partial charge in [-0.3, -0.25) is 4.79 Å². The van der Waals surface area contributed by atoms with Crippen molar-refractivity contribution in [2.75, 3.05) is 18.8 Å². The highest BCUT2D eigenvalue weighted by atomic mass is 35.5. The van der Waals surface area contributed by atoms with Gasteiger partial charge in [0, 0.05) is 36.2 Å². The molecule has 3 nitrogen and oxygen atoms in total. The van der Waals surface area contributed by atoms with E-state index in [1.54, 1.807) is 11.8 Å². The molecule has 21 heavy (non-hydrogen) atoms. The summed E-state index contributed by atoms with van der Waals surface area (Å²) < 4.78 is 0. The third-order valence-corrected chi connectivity index (χ3v) is 5.59. The third-order valence-electron chi connectivity index (χ3n) is 4.08. The van der Waals surface area contributed by atoms with E-state index in [1.165, 1.54) is 0 Å². The molecule has 0 aromatic heterocycles. The third kappa shape index (κ3) is 4.38. The van der Waals surface area contributed by atoms with Crippen molar-refractivity contribution in [3.8, 4) is 0 Å². The minimum absolute atomic E-state index is 0.00376. The van der Waals surface area contributed by atoms with E-state index in [9.17, 15) is 4.79 Å². The van der Waals surface area contributed by atoms with Gasteiger partial charge in [-0.1, -0.05) is 37.6 Å². The quantitative estimate of drug-likeness (QED) is 0.862. The van der Waals surface area contributed by atoms with Crippen LogP contribution in [0.1, 0.15) is 26.7 Å². The van der Waals surface area contributed by atoms with E-state index in [0.29, 0.717) is 6.42 Å². The molecule has 1 unspecified atom stereocenters. The van der Waals surface area contributed by atoms with Gasteiger partial charge in [-0.15, -0.1) is 11.8 Å². The lowest BCUT2D eigenvalue weighted by Crippen LogP contribution is -2.54. The summed E-state index contributed by atoms with van der Waals surface area (Å²) in [6.45, 7) is 5.80. The van der Waals surface area contributed by atoms with Crippen LogP contribution in [0, 0.1) is 5.41 Å². The molecule has 0 bridgehead atoms. The monoisotopic (exact) mass is 326 g/mol. The van der Waals surface area contributed by atoms with Crippen molar-refractivity contribution < 1.29 is 4.79 Å². The fourth-order valence-electron chi connectivity index (χ4n) is 2.55. The van der Waals surface area contributed by atoms with Crippen molar-refractivity contribution in [2.45, 2.75) is 37.6 Å². The summed E-state index contributed by atoms with van der Waals surface area (Å²) in [6.07, 6.45) is 1.43. The van der Waals surface area contributed by atoms with E-state index in [2.05, 4.69) is 13.8 Å². The van der Waals surface area contributed by atoms with Crippen molar-refractivity contribution in [2.24, 2.45) is 11.1 Å². The fraction of sp³-hybridized carbons (Fsp3) is 0.562. The van der Waals surface area contributed by atoms with Gasteiger partial charge in [0.1, 0.15) is 0 Å². The Kier molecular flexibility index (Phi) is 5.58. The van der Waals surface area contributed by atoms with Crippen LogP contribution in [0.25, 0.3) is 0 Å². The molecule has 1 aromatic rings. The number of piperidine rings is 1. The summed E-state index contributed by atoms with van der Waals surface area (Å²) in [5, 5.41) is 0.750. The maximum Gasteiger partial charge on any atom is 0.223 e. The van der Waals surface area contributed by atoms with E-state index in [1.807, 2.05) is 29.2 Å². The molecule has 0 radical (unpaired) electrons. The lowest BCUT2D eigenvalue weighted by Gasteiger charge is -2.42. The minimum Gasteiger partial charge on any atom is -0.342 e. The molecular formula is C16H23ClN2OS. The van der Waals surface area contributed by atoms with Gasteiger partial charge in [-0.05, 0) is 24.0 Å². The first-order valence-corrected chi connectivity index (χ1v) is 8.67. The number of hydrogen-bond donors (Lipinski definition) is 1. The number of thioether (sulfide) groups is 1. The van der Waals surface area contributed by atoms with Gasteiger partial charge in [0.15, 0.2) is 0 Å². The molecule has 0 saturated carbocycles. The Hall–Kier alpha value is -0.710. The number of rotatable bonds is 4. The van der Waals surface area contributed by atoms with E-state index >= 15 is 0 Å². The second-order valence-corrected chi connectivity index (χ2v) is 7.77. The second-order valence-electron chi connectivity index (χ2n) is 6.23. The minimum atomic E-state index is 0.00376. The number of halogens is 1. The largest absolute Gasteiger partial charge is 0.342 e. The van der Waals surface area contributed by atoms with E-state index in [4.69, 9.17) is 17.3 Å². The molecule has 2 rings (SSSR count). The molecule has 1 fully saturated rings. The molecule has 1 aromatic carbocycles. The zero-order valence-corrected chi connectivity index (χ0v) is 14.2. The molecule has 1 atom stereocenters. The van der Waals surface area contributed by atoms with Crippen molar-refractivity contribution >= 4 is 29.3 Å². The first kappa shape index (κ1) is 16.7. The Bertz CT molecular complexity index is 507. The van der Waals surface area contributed by atoms with Crippen LogP contribution in [0.3, 0.4) is 0 Å². The number of benzene rings is 1. The van der Waals surface area contributed by atoms with Crippen LogP contribution in [0.5, 0.6) is 0 Å². The summed E-state index contributed by atoms with van der Waals surface area (Å²) in [5.41, 5.74) is 6.11. The van der Waals surface area contributed by atoms with Gasteiger partial charge in [0.2, 0.25) is 5.91 Å². The lowest BCUT2D eigenvalue weighted by molar-refractivity contribution is -0.134. The molecule has 2 N–H and O–H groups in total. The zero-order valence-electron chi connectivity index (χ0n) is 12.6. The van der Waals surface area contributed by atoms with Gasteiger partial charge >= 0.3 is 0 Å². The maximum atomic E-state index is 12.3. The van der Waals surface area contributed by atoms with Gasteiger partial charge in [-0.2, -0.15) is 0 Å². The Morgan fingerprint density at radius 2 is 2.19 bits per heavy atom. The molecule has 0 aliphatic carbocycles. The number of nitrogens with zero attached hydrogens (tertiary/aromatic N) is 1. The number of nitrogens with two attached hydrogens (primary N) is 1. The van der Waals surface area contributed by atoms with Gasteiger partial charge in [-0.25, -0.2) is 0 Å². The number of amides is 1. The first-order chi connectivity index (χ1) is 9.90. The van der Waals surface area contributed by atoms with Crippen molar-refractivity contribution in [3.05, 3.63) is 29.3 Å². The van der Waals surface area contributed by atoms with Crippen LogP contribution in [0.2, 0.25) is 5.02 Å². The van der Waals surface area contributed by atoms with E-state index in [-0.39, 0.29) is 17.4 Å². The highest BCUT2D eigenvalue weighted by Gasteiger charge is 2.34. The maximum absolute atomic E-state index is 12.3. The number of likely N-dealkylation sites (tertiary alicyclic amines) is 1. The van der Waals surface area contributed by atoms with Gasteiger partial charge in [0.05, 0.1) is 5.02 Å². The summed E-state index contributed by atoms with van der Waals surface area (Å²) in [7, 11) is 0. The predicted molar refractivity (Wildman–Crippen MR) is 89.7 cm³/mol. The Balaban J connectivity index is 1.81. The standard InChI is InChI=1S/C16H23ClN2OS/c1-16(2)11-19(9-7-14(16)18)15(20)8-10-21-13-6-4-3-5-12(13)17/h3-6,14H,7-11,18H2,1-2H3. The van der Waals surface area contributed by atoms with Crippen molar-refractivity contribution in [1.82, 2.24) is 4.90 Å². The number of carbonyl (C=O) groups is 1. The Morgan fingerprint density at radius 1 is 1.48 bits per heavy atom. The first-order valence-electron chi connectivity index (χ1n) is 7.31. The topological polar surface area (TPSA) is 46.3 Å². The molecule has 1 heterocycles. The fourth-order valence-corrected chi connectivity index (χ4v) is 3.73. The summed E-state index contributed by atoms with van der Waals surface area (Å²) >= 11 is 7.75. The average Bonchev–Trinajstić information content (AvgIpc) is 2.43. The van der Waals surface area contributed by atoms with Crippen molar-refractivity contribution in [1.29, 1.82) is 0 Å². The van der Waals surface area contributed by atoms with E-state index < -0.39 is 0 Å². The highest BCUT2D eigenvalue weighted by molar-refractivity contribution is 7.99. The Labute approximate surface area is 136 Å². The summed E-state index contributed by atoms with van der Waals surface area (Å²) in [4.78, 5) is 15.3. The molecule has 1 saturated heterocycles. The van der Waals surface area contributed by atoms with Crippen LogP contribution < -0.4 is 5.73 Å². The van der Waals surface area contributed by atoms with Crippen LogP contribution in [0.15, 0.2) is 29.2 Å². The van der Waals surface area contributed by atoms with Crippen LogP contribution >= 0.6 is 23.4 Å². The van der Waals surface area contributed by atoms with Crippen LogP contribution in [0.4, 0.5) is 0 Å². The molecule has 0 spiro atoms. The van der Waals surface area contributed by atoms with E-state index in [0.717, 1.165) is 35.2 Å². The zero-order chi connectivity index (χ0) is 15.5. The molecule has 116 valence electrons. The average molecular weight is 327 g/mol. The normalized spacial score (nSPS) is 21.3. The smallest absolute Gasteiger partial charge is 0.223 e. The molecule has 5 heteroatoms. The van der Waals surface area contributed by atoms with Crippen LogP contribution in [-0.2, 0) is 4.79 Å². The molecule has 1 amide bonds. The van der Waals surface area contributed by atoms with Gasteiger partial charge < -0.3 is 10.6 Å². The number of hydrogen-bond acceptors (Lipinski definition) is 3. The van der Waals surface area contributed by atoms with Gasteiger partial charge in [0.25, 0.3) is 0 Å².